The first kappa shape index (κ1) is 19.4. The van der Waals surface area contributed by atoms with Gasteiger partial charge in [0.05, 0.1) is 0 Å². The van der Waals surface area contributed by atoms with Crippen LogP contribution in [0.25, 0.3) is 11.1 Å². The molecule has 1 heterocycles. The van der Waals surface area contributed by atoms with Crippen molar-refractivity contribution in [2.75, 3.05) is 5.32 Å². The maximum Gasteiger partial charge on any atom is 0.319 e. The number of aliphatic carboxylic acids is 1. The summed E-state index contributed by atoms with van der Waals surface area (Å²) in [6.45, 7) is 1.96. The number of carboxylic acids is 1. The van der Waals surface area contributed by atoms with Gasteiger partial charge >= 0.3 is 12.0 Å². The van der Waals surface area contributed by atoms with E-state index in [1.54, 1.807) is 18.2 Å². The Hall–Kier alpha value is -3.35. The van der Waals surface area contributed by atoms with Gasteiger partial charge in [-0.1, -0.05) is 37.3 Å². The number of aromatic nitrogens is 1. The molecule has 0 saturated carbocycles. The maximum absolute atomic E-state index is 12.4. The van der Waals surface area contributed by atoms with Crippen molar-refractivity contribution in [1.82, 2.24) is 10.3 Å². The highest BCUT2D eigenvalue weighted by Gasteiger charge is 2.15. The zero-order valence-corrected chi connectivity index (χ0v) is 15.6. The molecule has 0 fully saturated rings. The smallest absolute Gasteiger partial charge is 0.319 e. The van der Waals surface area contributed by atoms with Gasteiger partial charge in [-0.05, 0) is 36.6 Å². The first-order chi connectivity index (χ1) is 13.5. The zero-order valence-electron chi connectivity index (χ0n) is 15.6. The fraction of sp³-hybridized carbons (Fsp3) is 0.286. The molecule has 0 aliphatic rings. The van der Waals surface area contributed by atoms with Crippen LogP contribution in [0.5, 0.6) is 0 Å². The lowest BCUT2D eigenvalue weighted by molar-refractivity contribution is -0.137. The summed E-state index contributed by atoms with van der Waals surface area (Å²) in [5.41, 5.74) is 2.99. The van der Waals surface area contributed by atoms with Crippen LogP contribution in [0.2, 0.25) is 0 Å². The van der Waals surface area contributed by atoms with Crippen molar-refractivity contribution in [3.8, 4) is 0 Å². The van der Waals surface area contributed by atoms with E-state index in [4.69, 9.17) is 9.52 Å². The lowest BCUT2D eigenvalue weighted by Gasteiger charge is -2.18. The number of anilines is 1. The Balaban J connectivity index is 1.65. The second-order valence-corrected chi connectivity index (χ2v) is 6.56. The number of hydrogen-bond donors (Lipinski definition) is 3. The molecule has 0 spiro atoms. The van der Waals surface area contributed by atoms with Crippen LogP contribution in [0, 0.1) is 0 Å². The standard InChI is InChI=1S/C21H23N3O4/c1-2-19-24-17-13-16(8-10-18(17)28-19)23-21(27)22-15(9-11-20(25)26)12-14-6-4-3-5-7-14/h3-8,10,13,15H,2,9,11-12H2,1H3,(H,25,26)(H2,22,23,27). The number of oxazole rings is 1. The normalized spacial score (nSPS) is 11.9. The van der Waals surface area contributed by atoms with Gasteiger partial charge in [-0.15, -0.1) is 0 Å². The highest BCUT2D eigenvalue weighted by molar-refractivity contribution is 5.91. The van der Waals surface area contributed by atoms with Crippen molar-refractivity contribution in [2.24, 2.45) is 0 Å². The number of urea groups is 1. The average Bonchev–Trinajstić information content (AvgIpc) is 3.09. The number of carboxylic acid groups (broad SMARTS) is 1. The van der Waals surface area contributed by atoms with Crippen LogP contribution in [-0.4, -0.2) is 28.1 Å². The fourth-order valence-electron chi connectivity index (χ4n) is 2.98. The van der Waals surface area contributed by atoms with Gasteiger partial charge in [0.2, 0.25) is 0 Å². The minimum Gasteiger partial charge on any atom is -0.481 e. The van der Waals surface area contributed by atoms with Gasteiger partial charge in [0.1, 0.15) is 5.52 Å². The summed E-state index contributed by atoms with van der Waals surface area (Å²) in [7, 11) is 0. The molecule has 3 N–H and O–H groups in total. The Labute approximate surface area is 162 Å². The molecule has 3 aromatic rings. The van der Waals surface area contributed by atoms with Gasteiger partial charge in [-0.25, -0.2) is 9.78 Å². The molecule has 0 radical (unpaired) electrons. The van der Waals surface area contributed by atoms with E-state index in [1.165, 1.54) is 0 Å². The third-order valence-corrected chi connectivity index (χ3v) is 4.36. The third-order valence-electron chi connectivity index (χ3n) is 4.36. The molecule has 1 aromatic heterocycles. The monoisotopic (exact) mass is 381 g/mol. The molecule has 0 aliphatic carbocycles. The van der Waals surface area contributed by atoms with Crippen LogP contribution < -0.4 is 10.6 Å². The number of fused-ring (bicyclic) bond motifs is 1. The Bertz CT molecular complexity index is 953. The number of amides is 2. The van der Waals surface area contributed by atoms with Gasteiger partial charge in [0.25, 0.3) is 0 Å². The van der Waals surface area contributed by atoms with Crippen LogP contribution in [-0.2, 0) is 17.6 Å². The van der Waals surface area contributed by atoms with Crippen molar-refractivity contribution >= 4 is 28.8 Å². The van der Waals surface area contributed by atoms with Crippen LogP contribution in [0.4, 0.5) is 10.5 Å². The second kappa shape index (κ2) is 9.03. The molecule has 1 unspecified atom stereocenters. The molecule has 7 nitrogen and oxygen atoms in total. The molecule has 2 amide bonds. The summed E-state index contributed by atoms with van der Waals surface area (Å²) in [4.78, 5) is 27.7. The molecule has 3 rings (SSSR count). The van der Waals surface area contributed by atoms with E-state index in [1.807, 2.05) is 37.3 Å². The minimum absolute atomic E-state index is 0.0114. The Morgan fingerprint density at radius 2 is 1.96 bits per heavy atom. The summed E-state index contributed by atoms with van der Waals surface area (Å²) in [6, 6.07) is 14.3. The summed E-state index contributed by atoms with van der Waals surface area (Å²) >= 11 is 0. The average molecular weight is 381 g/mol. The summed E-state index contributed by atoms with van der Waals surface area (Å²) < 4.78 is 5.57. The van der Waals surface area contributed by atoms with Crippen molar-refractivity contribution in [2.45, 2.75) is 38.6 Å². The SMILES string of the molecule is CCc1nc2cc(NC(=O)NC(CCC(=O)O)Cc3ccccc3)ccc2o1. The largest absolute Gasteiger partial charge is 0.481 e. The lowest BCUT2D eigenvalue weighted by atomic mass is 10.0. The van der Waals surface area contributed by atoms with E-state index >= 15 is 0 Å². The second-order valence-electron chi connectivity index (χ2n) is 6.56. The van der Waals surface area contributed by atoms with E-state index in [2.05, 4.69) is 15.6 Å². The molecule has 146 valence electrons. The van der Waals surface area contributed by atoms with Gasteiger partial charge in [0, 0.05) is 24.6 Å². The van der Waals surface area contributed by atoms with Crippen LogP contribution in [0.3, 0.4) is 0 Å². The molecular formula is C21H23N3O4. The van der Waals surface area contributed by atoms with E-state index < -0.39 is 5.97 Å². The highest BCUT2D eigenvalue weighted by atomic mass is 16.4. The summed E-state index contributed by atoms with van der Waals surface area (Å²) in [6.07, 6.45) is 1.59. The maximum atomic E-state index is 12.4. The molecule has 28 heavy (non-hydrogen) atoms. The van der Waals surface area contributed by atoms with Crippen molar-refractivity contribution in [3.63, 3.8) is 0 Å². The topological polar surface area (TPSA) is 104 Å². The minimum atomic E-state index is -0.886. The molecule has 7 heteroatoms. The first-order valence-electron chi connectivity index (χ1n) is 9.26. The number of aryl methyl sites for hydroxylation is 1. The predicted octanol–water partition coefficient (Wildman–Crippen LogP) is 3.99. The van der Waals surface area contributed by atoms with E-state index in [9.17, 15) is 9.59 Å². The summed E-state index contributed by atoms with van der Waals surface area (Å²) in [5, 5.41) is 14.6. The predicted molar refractivity (Wildman–Crippen MR) is 106 cm³/mol. The molecule has 1 atom stereocenters. The van der Waals surface area contributed by atoms with Crippen LogP contribution in [0.1, 0.15) is 31.2 Å². The van der Waals surface area contributed by atoms with Crippen molar-refractivity contribution < 1.29 is 19.1 Å². The molecule has 0 saturated heterocycles. The Kier molecular flexibility index (Phi) is 6.26. The number of rotatable bonds is 8. The lowest BCUT2D eigenvalue weighted by Crippen LogP contribution is -2.39. The Morgan fingerprint density at radius 3 is 2.68 bits per heavy atom. The quantitative estimate of drug-likeness (QED) is 0.547. The Morgan fingerprint density at radius 1 is 1.18 bits per heavy atom. The number of benzene rings is 2. The highest BCUT2D eigenvalue weighted by Crippen LogP contribution is 2.20. The number of hydrogen-bond acceptors (Lipinski definition) is 4. The van der Waals surface area contributed by atoms with E-state index in [0.29, 0.717) is 41.9 Å². The number of carbonyl (C=O) groups is 2. The fourth-order valence-corrected chi connectivity index (χ4v) is 2.98. The third kappa shape index (κ3) is 5.33. The van der Waals surface area contributed by atoms with Gasteiger partial charge in [-0.3, -0.25) is 4.79 Å². The van der Waals surface area contributed by atoms with Crippen molar-refractivity contribution in [3.05, 3.63) is 60.0 Å². The van der Waals surface area contributed by atoms with Crippen molar-refractivity contribution in [1.29, 1.82) is 0 Å². The van der Waals surface area contributed by atoms with Crippen LogP contribution >= 0.6 is 0 Å². The van der Waals surface area contributed by atoms with Gasteiger partial charge in [-0.2, -0.15) is 0 Å². The number of nitrogens with one attached hydrogen (secondary N) is 2. The molecular weight excluding hydrogens is 358 g/mol. The number of nitrogens with zero attached hydrogens (tertiary/aromatic N) is 1. The molecule has 2 aromatic carbocycles. The number of carbonyl (C=O) groups excluding carboxylic acids is 1. The van der Waals surface area contributed by atoms with Gasteiger partial charge in [0.15, 0.2) is 11.5 Å². The van der Waals surface area contributed by atoms with E-state index in [0.717, 1.165) is 5.56 Å². The van der Waals surface area contributed by atoms with Gasteiger partial charge < -0.3 is 20.2 Å². The first-order valence-corrected chi connectivity index (χ1v) is 9.26. The summed E-state index contributed by atoms with van der Waals surface area (Å²) in [5.74, 6) is -0.239. The van der Waals surface area contributed by atoms with Crippen LogP contribution in [0.15, 0.2) is 52.9 Å². The van der Waals surface area contributed by atoms with E-state index in [-0.39, 0.29) is 18.5 Å². The zero-order chi connectivity index (χ0) is 19.9. The molecule has 0 bridgehead atoms. The molecule has 0 aliphatic heterocycles.